The van der Waals surface area contributed by atoms with Crippen molar-refractivity contribution < 1.29 is 82.0 Å². The average molecular weight is 806 g/mol. The van der Waals surface area contributed by atoms with Crippen LogP contribution in [-0.4, -0.2) is 28.6 Å². The molecule has 0 aliphatic heterocycles. The minimum Gasteiger partial charge on any atom is -0.538 e. The molecule has 0 saturated heterocycles. The predicted molar refractivity (Wildman–Crippen MR) is 157 cm³/mol. The van der Waals surface area contributed by atoms with Crippen LogP contribution in [0.15, 0.2) is 0 Å². The molecule has 0 N–H and O–H groups in total. The number of halogens is 17. The highest BCUT2D eigenvalue weighted by molar-refractivity contribution is 7.29. The normalized spacial score (nSPS) is 11.5. The van der Waals surface area contributed by atoms with Crippen LogP contribution in [0.25, 0.3) is 0 Å². The molecular weight excluding hydrogens is 797 g/mol. The summed E-state index contributed by atoms with van der Waals surface area (Å²) in [5.74, 6) is -43.0. The van der Waals surface area contributed by atoms with Crippen LogP contribution >= 0.6 is 27.7 Å². The van der Waals surface area contributed by atoms with Gasteiger partial charge in [0.05, 0.1) is 0 Å². The highest BCUT2D eigenvalue weighted by Crippen LogP contribution is 2.22. The molecule has 2 nitrogen and oxygen atoms in total. The lowest BCUT2D eigenvalue weighted by molar-refractivity contribution is 0.381. The third kappa shape index (κ3) is 6.55. The summed E-state index contributed by atoms with van der Waals surface area (Å²) in [6, 6.07) is 0. The van der Waals surface area contributed by atoms with E-state index >= 15 is 22.0 Å². The molecule has 50 heavy (non-hydrogen) atoms. The zero-order valence-corrected chi connectivity index (χ0v) is 28.3. The Hall–Kier alpha value is -2.44. The third-order valence-corrected chi connectivity index (χ3v) is 9.84. The minimum absolute atomic E-state index is 0.506. The topological polar surface area (TPSA) is 18.5 Å². The number of hydrogen-bond donors (Lipinski definition) is 0. The molecule has 3 unspecified atom stereocenters. The van der Waals surface area contributed by atoms with Gasteiger partial charge in [0, 0.05) is 37.8 Å². The fourth-order valence-corrected chi connectivity index (χ4v) is 6.86. The van der Waals surface area contributed by atoms with E-state index in [4.69, 9.17) is 7.41 Å². The molecule has 4 aromatic carbocycles. The third-order valence-electron chi connectivity index (χ3n) is 6.95. The van der Waals surface area contributed by atoms with E-state index in [1.54, 1.807) is 0 Å². The Morgan fingerprint density at radius 3 is 0.960 bits per heavy atom. The van der Waals surface area contributed by atoms with Gasteiger partial charge in [-0.05, 0) is 0 Å². The number of rotatable bonds is 8. The van der Waals surface area contributed by atoms with Crippen molar-refractivity contribution in [3.05, 3.63) is 98.9 Å². The highest BCUT2D eigenvalue weighted by Gasteiger charge is 2.46. The van der Waals surface area contributed by atoms with Gasteiger partial charge in [-0.15, -0.1) is 9.24 Å². The van der Waals surface area contributed by atoms with Crippen molar-refractivity contribution >= 4 is 94.1 Å². The number of benzene rings is 4. The first kappa shape index (κ1) is 40.3. The molecule has 4 rings (SSSR count). The van der Waals surface area contributed by atoms with Crippen LogP contribution in [0.5, 0.6) is 0 Å². The summed E-state index contributed by atoms with van der Waals surface area (Å²) in [5.41, 5.74) is -8.29. The van der Waals surface area contributed by atoms with Gasteiger partial charge in [-0.1, -0.05) is 24.3 Å². The van der Waals surface area contributed by atoms with Crippen molar-refractivity contribution in [2.24, 2.45) is 0 Å². The molecule has 4 aromatic rings. The highest BCUT2D eigenvalue weighted by atomic mass is 31.0. The second kappa shape index (κ2) is 14.9. The SMILES string of the molecule is [CH3][Al]([O]B(c1c(F)c(F)c(F)c(F)c1F)c1c(F)c(F)c(F)c(P)c1F)[O]B(c1c(F)c(F)c(P)c(F)c1F)c1c(F)c(F)c(F)c(F)c1P. The quantitative estimate of drug-likeness (QED) is 0.0893. The molecule has 0 saturated carbocycles. The van der Waals surface area contributed by atoms with Crippen molar-refractivity contribution in [1.29, 1.82) is 0 Å². The smallest absolute Gasteiger partial charge is 0.538 e. The fraction of sp³-hybridized carbons (Fsp3) is 0.0400. The maximum absolute atomic E-state index is 15.3. The van der Waals surface area contributed by atoms with Crippen LogP contribution in [0.4, 0.5) is 74.6 Å². The average Bonchev–Trinajstić information content (AvgIpc) is 3.07. The Bertz CT molecular complexity index is 1690. The van der Waals surface area contributed by atoms with Crippen LogP contribution in [0.3, 0.4) is 0 Å². The molecule has 0 spiro atoms. The molecule has 0 amide bonds. The summed E-state index contributed by atoms with van der Waals surface area (Å²) in [6.07, 6.45) is 0. The van der Waals surface area contributed by atoms with Crippen LogP contribution in [-0.2, 0) is 7.41 Å². The molecule has 0 aliphatic rings. The zero-order valence-electron chi connectivity index (χ0n) is 23.7. The molecule has 0 fully saturated rings. The van der Waals surface area contributed by atoms with Gasteiger partial charge in [0.1, 0.15) is 5.82 Å². The molecule has 0 bridgehead atoms. The maximum Gasteiger partial charge on any atom is 0.640 e. The van der Waals surface area contributed by atoms with Gasteiger partial charge in [-0.3, -0.25) is 0 Å². The summed E-state index contributed by atoms with van der Waals surface area (Å²) in [4.78, 5) is 0. The maximum atomic E-state index is 15.3. The second-order valence-electron chi connectivity index (χ2n) is 9.83. The first-order chi connectivity index (χ1) is 23.1. The van der Waals surface area contributed by atoms with Crippen molar-refractivity contribution in [3.63, 3.8) is 0 Å². The van der Waals surface area contributed by atoms with Gasteiger partial charge in [0.25, 0.3) is 0 Å². The first-order valence-electron chi connectivity index (χ1n) is 12.8. The monoisotopic (exact) mass is 806 g/mol. The molecule has 3 atom stereocenters. The Kier molecular flexibility index (Phi) is 12.0. The van der Waals surface area contributed by atoms with E-state index in [9.17, 15) is 52.7 Å². The van der Waals surface area contributed by atoms with Gasteiger partial charge < -0.3 is 7.41 Å². The lowest BCUT2D eigenvalue weighted by Gasteiger charge is -2.26. The molecule has 0 radical (unpaired) electrons. The molecular formula is C25H9AlB2F17O2P3. The standard InChI is InChI=1S/C12H2BF9OP.C12H4BF8OP2.CH3.Al/c14-3-1(4(15)8(19)10(21)7(3)18)13(23)2-5(16)9(20)11(22)12(24)6(2)17;14-3-1(4(15)9(20)12(24)8(3)19)13(22)2-5(16)6(17)7(18)10(21)11(2)23;;/h24H2;23-24H2;1H3;/q2*-1;;+2. The largest absolute Gasteiger partial charge is 0.640 e. The van der Waals surface area contributed by atoms with Gasteiger partial charge in [-0.2, -0.15) is 0 Å². The Morgan fingerprint density at radius 2 is 0.540 bits per heavy atom. The van der Waals surface area contributed by atoms with Crippen LogP contribution in [0, 0.1) is 98.9 Å². The molecule has 0 heterocycles. The first-order valence-corrected chi connectivity index (χ1v) is 16.6. The van der Waals surface area contributed by atoms with Crippen molar-refractivity contribution in [1.82, 2.24) is 0 Å². The minimum atomic E-state index is -4.66. The van der Waals surface area contributed by atoms with Gasteiger partial charge >= 0.3 is 28.6 Å². The van der Waals surface area contributed by atoms with Crippen LogP contribution in [0.1, 0.15) is 0 Å². The summed E-state index contributed by atoms with van der Waals surface area (Å²) >= 11 is -4.66. The van der Waals surface area contributed by atoms with Crippen LogP contribution < -0.4 is 37.8 Å². The number of hydrogen-bond acceptors (Lipinski definition) is 2. The van der Waals surface area contributed by atoms with Gasteiger partial charge in [0.15, 0.2) is 93.1 Å². The van der Waals surface area contributed by atoms with E-state index in [1.165, 1.54) is 27.7 Å². The fourth-order valence-electron chi connectivity index (χ4n) is 4.55. The lowest BCUT2D eigenvalue weighted by atomic mass is 9.54. The Labute approximate surface area is 280 Å². The summed E-state index contributed by atoms with van der Waals surface area (Å²) in [6.45, 7) is -6.66. The summed E-state index contributed by atoms with van der Waals surface area (Å²) < 4.78 is 259. The Balaban J connectivity index is 2.04. The lowest BCUT2D eigenvalue weighted by Crippen LogP contribution is -2.60. The second-order valence-corrected chi connectivity index (χ2v) is 13.2. The van der Waals surface area contributed by atoms with Crippen molar-refractivity contribution in [2.75, 3.05) is 0 Å². The van der Waals surface area contributed by atoms with E-state index in [-0.39, 0.29) is 0 Å². The molecule has 0 aromatic heterocycles. The summed E-state index contributed by atoms with van der Waals surface area (Å²) in [7, 11) is 3.66. The molecule has 264 valence electrons. The van der Waals surface area contributed by atoms with Crippen molar-refractivity contribution in [3.8, 4) is 0 Å². The van der Waals surface area contributed by atoms with Crippen molar-refractivity contribution in [2.45, 2.75) is 5.79 Å². The van der Waals surface area contributed by atoms with Gasteiger partial charge in [-0.25, -0.2) is 74.6 Å². The van der Waals surface area contributed by atoms with Gasteiger partial charge in [0.2, 0.25) is 0 Å². The zero-order chi connectivity index (χ0) is 38.0. The predicted octanol–water partition coefficient (Wildman–Crippen LogP) is 3.62. The van der Waals surface area contributed by atoms with E-state index in [2.05, 4.69) is 0 Å². The van der Waals surface area contributed by atoms with E-state index < -0.39 is 165 Å². The van der Waals surface area contributed by atoms with Crippen LogP contribution in [0.2, 0.25) is 5.79 Å². The van der Waals surface area contributed by atoms with E-state index in [0.717, 1.165) is 0 Å². The Morgan fingerprint density at radius 1 is 0.320 bits per heavy atom. The molecule has 0 aliphatic carbocycles. The van der Waals surface area contributed by atoms with E-state index in [0.29, 0.717) is 5.79 Å². The summed E-state index contributed by atoms with van der Waals surface area (Å²) in [5, 5.41) is -4.44. The molecule has 25 heteroatoms. The van der Waals surface area contributed by atoms with E-state index in [1.807, 2.05) is 0 Å².